The molecule has 0 aromatic heterocycles. The Labute approximate surface area is 261 Å². The second-order valence-corrected chi connectivity index (χ2v) is 11.9. The van der Waals surface area contributed by atoms with Crippen LogP contribution in [-0.4, -0.2) is 60.8 Å². The van der Waals surface area contributed by atoms with Crippen molar-refractivity contribution in [3.8, 4) is 23.0 Å². The van der Waals surface area contributed by atoms with Crippen LogP contribution in [0.4, 0.5) is 11.4 Å². The maximum atomic E-state index is 14.2. The van der Waals surface area contributed by atoms with Crippen molar-refractivity contribution < 1.29 is 37.0 Å². The van der Waals surface area contributed by atoms with Crippen molar-refractivity contribution >= 4 is 33.2 Å². The number of nitrogens with zero attached hydrogens (tertiary/aromatic N) is 2. The smallest absolute Gasteiger partial charge is 0.264 e. The largest absolute Gasteiger partial charge is 0.497 e. The summed E-state index contributed by atoms with van der Waals surface area (Å²) in [5.41, 5.74) is 1.57. The maximum Gasteiger partial charge on any atom is 0.264 e. The Hall–Kier alpha value is -5.23. The van der Waals surface area contributed by atoms with Crippen LogP contribution < -0.4 is 33.5 Å². The van der Waals surface area contributed by atoms with Gasteiger partial charge in [-0.1, -0.05) is 42.5 Å². The number of benzene rings is 4. The van der Waals surface area contributed by atoms with Crippen LogP contribution in [0.3, 0.4) is 0 Å². The predicted octanol–water partition coefficient (Wildman–Crippen LogP) is 4.02. The quantitative estimate of drug-likeness (QED) is 0.263. The Kier molecular flexibility index (Phi) is 9.43. The molecule has 234 valence electrons. The van der Waals surface area contributed by atoms with Crippen molar-refractivity contribution in [1.29, 1.82) is 0 Å². The van der Waals surface area contributed by atoms with Crippen LogP contribution in [0.15, 0.2) is 102 Å². The molecule has 2 amide bonds. The number of fused-ring (bicyclic) bond motifs is 1. The van der Waals surface area contributed by atoms with Gasteiger partial charge >= 0.3 is 0 Å². The average molecular weight is 632 g/mol. The molecular weight excluding hydrogens is 598 g/mol. The highest BCUT2D eigenvalue weighted by Gasteiger charge is 2.36. The zero-order valence-corrected chi connectivity index (χ0v) is 25.8. The van der Waals surface area contributed by atoms with Gasteiger partial charge in [0.15, 0.2) is 17.6 Å². The molecule has 0 saturated carbocycles. The Balaban J connectivity index is 1.46. The molecule has 11 nitrogen and oxygen atoms in total. The normalized spacial score (nSPS) is 14.0. The third-order valence-corrected chi connectivity index (χ3v) is 9.03. The number of para-hydroxylation sites is 2. The SMILES string of the molecule is COc1ccc(N(CC(=O)N2C[C@@H](C(=O)NCc3ccccc3)Oc3ccccc32)S(=O)(=O)c2ccc(OC)c(OC)c2)cc1. The van der Waals surface area contributed by atoms with Gasteiger partial charge in [-0.25, -0.2) is 8.42 Å². The van der Waals surface area contributed by atoms with Gasteiger partial charge in [-0.05, 0) is 54.1 Å². The first kappa shape index (κ1) is 31.2. The van der Waals surface area contributed by atoms with E-state index in [9.17, 15) is 18.0 Å². The molecule has 4 aromatic carbocycles. The van der Waals surface area contributed by atoms with E-state index in [4.69, 9.17) is 18.9 Å². The lowest BCUT2D eigenvalue weighted by molar-refractivity contribution is -0.128. The molecule has 12 heteroatoms. The highest BCUT2D eigenvalue weighted by Crippen LogP contribution is 2.35. The fourth-order valence-electron chi connectivity index (χ4n) is 4.88. The summed E-state index contributed by atoms with van der Waals surface area (Å²) in [6.07, 6.45) is -1.02. The minimum atomic E-state index is -4.31. The van der Waals surface area contributed by atoms with Crippen LogP contribution in [-0.2, 0) is 26.2 Å². The van der Waals surface area contributed by atoms with Crippen LogP contribution in [0, 0.1) is 0 Å². The number of methoxy groups -OCH3 is 3. The van der Waals surface area contributed by atoms with E-state index < -0.39 is 34.5 Å². The summed E-state index contributed by atoms with van der Waals surface area (Å²) in [5.74, 6) is 0.439. The minimum absolute atomic E-state index is 0.107. The summed E-state index contributed by atoms with van der Waals surface area (Å²) >= 11 is 0. The Morgan fingerprint density at radius 3 is 2.24 bits per heavy atom. The number of hydrogen-bond donors (Lipinski definition) is 1. The summed E-state index contributed by atoms with van der Waals surface area (Å²) in [6, 6.07) is 26.8. The molecule has 1 aliphatic heterocycles. The molecule has 0 saturated heterocycles. The lowest BCUT2D eigenvalue weighted by Gasteiger charge is -2.35. The zero-order chi connectivity index (χ0) is 32.0. The van der Waals surface area contributed by atoms with Gasteiger partial charge in [0.2, 0.25) is 5.91 Å². The van der Waals surface area contributed by atoms with E-state index in [1.54, 1.807) is 48.5 Å². The van der Waals surface area contributed by atoms with Crippen LogP contribution in [0.5, 0.6) is 23.0 Å². The van der Waals surface area contributed by atoms with Gasteiger partial charge < -0.3 is 29.2 Å². The fourth-order valence-corrected chi connectivity index (χ4v) is 6.31. The monoisotopic (exact) mass is 631 g/mol. The van der Waals surface area contributed by atoms with Crippen molar-refractivity contribution in [2.75, 3.05) is 43.6 Å². The third kappa shape index (κ3) is 6.80. The van der Waals surface area contributed by atoms with Gasteiger partial charge in [0.25, 0.3) is 15.9 Å². The van der Waals surface area contributed by atoms with E-state index in [0.717, 1.165) is 9.87 Å². The van der Waals surface area contributed by atoms with E-state index in [1.165, 1.54) is 44.4 Å². The summed E-state index contributed by atoms with van der Waals surface area (Å²) in [7, 11) is 0.0386. The first-order chi connectivity index (χ1) is 21.7. The van der Waals surface area contributed by atoms with E-state index in [1.807, 2.05) is 30.3 Å². The molecule has 0 fully saturated rings. The first-order valence-corrected chi connectivity index (χ1v) is 15.5. The highest BCUT2D eigenvalue weighted by atomic mass is 32.2. The van der Waals surface area contributed by atoms with Crippen molar-refractivity contribution in [2.45, 2.75) is 17.5 Å². The van der Waals surface area contributed by atoms with Crippen LogP contribution in [0.25, 0.3) is 0 Å². The lowest BCUT2D eigenvalue weighted by Crippen LogP contribution is -2.53. The average Bonchev–Trinajstić information content (AvgIpc) is 3.08. The summed E-state index contributed by atoms with van der Waals surface area (Å²) in [5, 5.41) is 2.86. The molecule has 0 unspecified atom stereocenters. The first-order valence-electron chi connectivity index (χ1n) is 14.0. The minimum Gasteiger partial charge on any atom is -0.497 e. The van der Waals surface area contributed by atoms with E-state index in [-0.39, 0.29) is 29.4 Å². The number of nitrogens with one attached hydrogen (secondary N) is 1. The maximum absolute atomic E-state index is 14.2. The highest BCUT2D eigenvalue weighted by molar-refractivity contribution is 7.92. The zero-order valence-electron chi connectivity index (χ0n) is 25.0. The molecule has 1 heterocycles. The lowest BCUT2D eigenvalue weighted by atomic mass is 10.1. The molecule has 1 N–H and O–H groups in total. The van der Waals surface area contributed by atoms with Gasteiger partial charge in [0, 0.05) is 12.6 Å². The van der Waals surface area contributed by atoms with Gasteiger partial charge in [0.1, 0.15) is 18.0 Å². The molecule has 0 aliphatic carbocycles. The molecule has 1 aliphatic rings. The van der Waals surface area contributed by atoms with E-state index >= 15 is 0 Å². The summed E-state index contributed by atoms with van der Waals surface area (Å²) < 4.78 is 51.1. The fraction of sp³-hybridized carbons (Fsp3) is 0.212. The summed E-state index contributed by atoms with van der Waals surface area (Å²) in [6.45, 7) is -0.414. The van der Waals surface area contributed by atoms with Crippen molar-refractivity contribution in [2.24, 2.45) is 0 Å². The van der Waals surface area contributed by atoms with Crippen LogP contribution in [0.1, 0.15) is 5.56 Å². The molecule has 4 aromatic rings. The molecule has 0 bridgehead atoms. The number of carbonyl (C=O) groups excluding carboxylic acids is 2. The van der Waals surface area contributed by atoms with E-state index in [0.29, 0.717) is 22.9 Å². The van der Waals surface area contributed by atoms with Crippen molar-refractivity contribution in [3.63, 3.8) is 0 Å². The molecule has 0 radical (unpaired) electrons. The second-order valence-electron chi connectivity index (χ2n) is 10.0. The molecule has 1 atom stereocenters. The number of carbonyl (C=O) groups is 2. The number of hydrogen-bond acceptors (Lipinski definition) is 8. The molecule has 45 heavy (non-hydrogen) atoms. The van der Waals surface area contributed by atoms with Gasteiger partial charge in [0.05, 0.1) is 44.1 Å². The Bertz CT molecular complexity index is 1760. The third-order valence-electron chi connectivity index (χ3n) is 7.26. The van der Waals surface area contributed by atoms with Gasteiger partial charge in [-0.15, -0.1) is 0 Å². The standard InChI is InChI=1S/C33H33N3O8S/c1-41-25-15-13-24(14-16-25)36(45(39,40)26-17-18-29(42-2)30(19-26)43-3)22-32(37)35-21-31(44-28-12-8-7-11-27(28)35)33(38)34-20-23-9-5-4-6-10-23/h4-19,31H,20-22H2,1-3H3,(H,34,38)/t31-/m0/s1. The van der Waals surface area contributed by atoms with E-state index in [2.05, 4.69) is 5.32 Å². The molecular formula is C33H33N3O8S. The summed E-state index contributed by atoms with van der Waals surface area (Å²) in [4.78, 5) is 28.6. The van der Waals surface area contributed by atoms with Crippen LogP contribution >= 0.6 is 0 Å². The van der Waals surface area contributed by atoms with Crippen molar-refractivity contribution in [1.82, 2.24) is 5.32 Å². The Morgan fingerprint density at radius 2 is 1.56 bits per heavy atom. The molecule has 0 spiro atoms. The predicted molar refractivity (Wildman–Crippen MR) is 169 cm³/mol. The number of rotatable bonds is 11. The van der Waals surface area contributed by atoms with Crippen LogP contribution in [0.2, 0.25) is 0 Å². The van der Waals surface area contributed by atoms with Gasteiger partial charge in [-0.2, -0.15) is 0 Å². The Morgan fingerprint density at radius 1 is 0.867 bits per heavy atom. The number of ether oxygens (including phenoxy) is 4. The number of amides is 2. The second kappa shape index (κ2) is 13.6. The topological polar surface area (TPSA) is 124 Å². The van der Waals surface area contributed by atoms with Gasteiger partial charge in [-0.3, -0.25) is 13.9 Å². The van der Waals surface area contributed by atoms with Crippen molar-refractivity contribution in [3.05, 3.63) is 103 Å². The molecule has 5 rings (SSSR count). The number of sulfonamides is 1. The number of anilines is 2.